The molecule has 138 valence electrons. The number of aryl methyl sites for hydroxylation is 4. The van der Waals surface area contributed by atoms with Crippen LogP contribution in [0.25, 0.3) is 5.82 Å². The van der Waals surface area contributed by atoms with Crippen molar-refractivity contribution < 1.29 is 4.79 Å². The largest absolute Gasteiger partial charge is 0.347 e. The van der Waals surface area contributed by atoms with Gasteiger partial charge in [0.05, 0.1) is 5.69 Å². The predicted molar refractivity (Wildman–Crippen MR) is 103 cm³/mol. The number of fused-ring (bicyclic) bond motifs is 1. The Morgan fingerprint density at radius 3 is 2.74 bits per heavy atom. The first-order valence-electron chi connectivity index (χ1n) is 9.36. The Labute approximate surface area is 158 Å². The van der Waals surface area contributed by atoms with Crippen molar-refractivity contribution in [1.82, 2.24) is 25.1 Å². The average Bonchev–Trinajstić information content (AvgIpc) is 3.04. The van der Waals surface area contributed by atoms with Gasteiger partial charge in [0.1, 0.15) is 5.69 Å². The zero-order valence-electron chi connectivity index (χ0n) is 15.7. The van der Waals surface area contributed by atoms with Crippen LogP contribution < -0.4 is 5.32 Å². The van der Waals surface area contributed by atoms with E-state index >= 15 is 0 Å². The fourth-order valence-corrected chi connectivity index (χ4v) is 3.49. The SMILES string of the molecule is Cc1cc(C)n(-c2ccc(CNC(=O)c3ccc4c(n3)CCCC4)cn2)n1. The van der Waals surface area contributed by atoms with Crippen LogP contribution in [0, 0.1) is 13.8 Å². The number of rotatable bonds is 4. The summed E-state index contributed by atoms with van der Waals surface area (Å²) in [6, 6.07) is 9.75. The minimum atomic E-state index is -0.147. The van der Waals surface area contributed by atoms with E-state index in [-0.39, 0.29) is 5.91 Å². The second-order valence-electron chi connectivity index (χ2n) is 7.06. The summed E-state index contributed by atoms with van der Waals surface area (Å²) in [6.45, 7) is 4.38. The van der Waals surface area contributed by atoms with Gasteiger partial charge in [-0.2, -0.15) is 5.10 Å². The molecule has 0 aliphatic heterocycles. The Kier molecular flexibility index (Phi) is 4.71. The molecule has 3 aromatic heterocycles. The van der Waals surface area contributed by atoms with Gasteiger partial charge < -0.3 is 5.32 Å². The quantitative estimate of drug-likeness (QED) is 0.775. The summed E-state index contributed by atoms with van der Waals surface area (Å²) in [4.78, 5) is 21.4. The van der Waals surface area contributed by atoms with E-state index in [2.05, 4.69) is 20.4 Å². The number of hydrogen-bond acceptors (Lipinski definition) is 4. The molecule has 6 heteroatoms. The van der Waals surface area contributed by atoms with Gasteiger partial charge in [-0.3, -0.25) is 4.79 Å². The van der Waals surface area contributed by atoms with Gasteiger partial charge in [0.15, 0.2) is 5.82 Å². The molecule has 6 nitrogen and oxygen atoms in total. The lowest BCUT2D eigenvalue weighted by Crippen LogP contribution is -2.24. The number of aromatic nitrogens is 4. The molecule has 0 atom stereocenters. The lowest BCUT2D eigenvalue weighted by molar-refractivity contribution is 0.0945. The van der Waals surface area contributed by atoms with E-state index in [1.807, 2.05) is 48.9 Å². The summed E-state index contributed by atoms with van der Waals surface area (Å²) in [5.74, 6) is 0.623. The molecule has 1 aliphatic carbocycles. The van der Waals surface area contributed by atoms with Gasteiger partial charge >= 0.3 is 0 Å². The first kappa shape index (κ1) is 17.4. The molecular weight excluding hydrogens is 338 g/mol. The fraction of sp³-hybridized carbons (Fsp3) is 0.333. The zero-order valence-corrected chi connectivity index (χ0v) is 15.7. The maximum Gasteiger partial charge on any atom is 0.270 e. The third kappa shape index (κ3) is 3.74. The summed E-state index contributed by atoms with van der Waals surface area (Å²) in [5, 5.41) is 7.37. The van der Waals surface area contributed by atoms with E-state index in [1.54, 1.807) is 6.20 Å². The minimum Gasteiger partial charge on any atom is -0.347 e. The number of pyridine rings is 2. The highest BCUT2D eigenvalue weighted by molar-refractivity contribution is 5.92. The van der Waals surface area contributed by atoms with Gasteiger partial charge in [0.2, 0.25) is 0 Å². The molecule has 0 saturated heterocycles. The maximum absolute atomic E-state index is 12.4. The molecule has 1 aliphatic rings. The van der Waals surface area contributed by atoms with Crippen molar-refractivity contribution >= 4 is 5.91 Å². The number of carbonyl (C=O) groups is 1. The van der Waals surface area contributed by atoms with Crippen molar-refractivity contribution in [3.05, 3.63) is 70.4 Å². The number of nitrogens with zero attached hydrogens (tertiary/aromatic N) is 4. The Morgan fingerprint density at radius 1 is 1.15 bits per heavy atom. The molecule has 0 aromatic carbocycles. The molecule has 0 bridgehead atoms. The third-order valence-corrected chi connectivity index (χ3v) is 4.90. The van der Waals surface area contributed by atoms with Crippen molar-refractivity contribution in [2.24, 2.45) is 0 Å². The Hall–Kier alpha value is -3.02. The van der Waals surface area contributed by atoms with Gasteiger partial charge in [0, 0.05) is 24.1 Å². The van der Waals surface area contributed by atoms with Crippen molar-refractivity contribution in [1.29, 1.82) is 0 Å². The number of carbonyl (C=O) groups excluding carboxylic acids is 1. The molecule has 0 radical (unpaired) electrons. The van der Waals surface area contributed by atoms with E-state index in [0.717, 1.165) is 47.7 Å². The van der Waals surface area contributed by atoms with Crippen LogP contribution in [-0.2, 0) is 19.4 Å². The van der Waals surface area contributed by atoms with Crippen molar-refractivity contribution in [2.45, 2.75) is 46.1 Å². The Bertz CT molecular complexity index is 975. The normalized spacial score (nSPS) is 13.3. The van der Waals surface area contributed by atoms with Crippen LogP contribution >= 0.6 is 0 Å². The Morgan fingerprint density at radius 2 is 2.00 bits per heavy atom. The summed E-state index contributed by atoms with van der Waals surface area (Å²) >= 11 is 0. The van der Waals surface area contributed by atoms with E-state index in [4.69, 9.17) is 0 Å². The van der Waals surface area contributed by atoms with Crippen LogP contribution in [0.2, 0.25) is 0 Å². The van der Waals surface area contributed by atoms with E-state index in [1.165, 1.54) is 12.0 Å². The smallest absolute Gasteiger partial charge is 0.270 e. The molecule has 0 fully saturated rings. The molecular formula is C21H23N5O. The average molecular weight is 361 g/mol. The van der Waals surface area contributed by atoms with Crippen LogP contribution in [0.15, 0.2) is 36.5 Å². The highest BCUT2D eigenvalue weighted by Gasteiger charge is 2.14. The number of amides is 1. The van der Waals surface area contributed by atoms with Gasteiger partial charge in [-0.25, -0.2) is 14.6 Å². The summed E-state index contributed by atoms with van der Waals surface area (Å²) in [6.07, 6.45) is 6.16. The van der Waals surface area contributed by atoms with Crippen LogP contribution in [0.4, 0.5) is 0 Å². The molecule has 3 aromatic rings. The van der Waals surface area contributed by atoms with Crippen LogP contribution in [-0.4, -0.2) is 25.7 Å². The van der Waals surface area contributed by atoms with Crippen molar-refractivity contribution in [3.8, 4) is 5.82 Å². The fourth-order valence-electron chi connectivity index (χ4n) is 3.49. The van der Waals surface area contributed by atoms with Crippen LogP contribution in [0.3, 0.4) is 0 Å². The second-order valence-corrected chi connectivity index (χ2v) is 7.06. The van der Waals surface area contributed by atoms with Gasteiger partial charge in [0.25, 0.3) is 5.91 Å². The van der Waals surface area contributed by atoms with Crippen LogP contribution in [0.5, 0.6) is 0 Å². The van der Waals surface area contributed by atoms with E-state index in [9.17, 15) is 4.79 Å². The van der Waals surface area contributed by atoms with Crippen LogP contribution in [0.1, 0.15) is 51.5 Å². The van der Waals surface area contributed by atoms with Gasteiger partial charge in [-0.05, 0) is 68.9 Å². The standard InChI is InChI=1S/C21H23N5O/c1-14-11-15(2)26(25-14)20-10-7-16(12-22-20)13-23-21(27)19-9-8-17-5-3-4-6-18(17)24-19/h7-12H,3-6,13H2,1-2H3,(H,23,27). The predicted octanol–water partition coefficient (Wildman–Crippen LogP) is 3.09. The zero-order chi connectivity index (χ0) is 18.8. The summed E-state index contributed by atoms with van der Waals surface area (Å²) < 4.78 is 1.81. The van der Waals surface area contributed by atoms with Gasteiger partial charge in [-0.1, -0.05) is 12.1 Å². The van der Waals surface area contributed by atoms with Crippen molar-refractivity contribution in [2.75, 3.05) is 0 Å². The minimum absolute atomic E-state index is 0.147. The third-order valence-electron chi connectivity index (χ3n) is 4.90. The monoisotopic (exact) mass is 361 g/mol. The topological polar surface area (TPSA) is 72.7 Å². The lowest BCUT2D eigenvalue weighted by atomic mass is 9.96. The first-order chi connectivity index (χ1) is 13.1. The lowest BCUT2D eigenvalue weighted by Gasteiger charge is -2.15. The molecule has 0 spiro atoms. The highest BCUT2D eigenvalue weighted by atomic mass is 16.1. The van der Waals surface area contributed by atoms with E-state index in [0.29, 0.717) is 12.2 Å². The molecule has 0 saturated carbocycles. The Balaban J connectivity index is 1.41. The van der Waals surface area contributed by atoms with Crippen molar-refractivity contribution in [3.63, 3.8) is 0 Å². The molecule has 27 heavy (non-hydrogen) atoms. The molecule has 3 heterocycles. The maximum atomic E-state index is 12.4. The highest BCUT2D eigenvalue weighted by Crippen LogP contribution is 2.19. The molecule has 0 unspecified atom stereocenters. The molecule has 1 N–H and O–H groups in total. The van der Waals surface area contributed by atoms with Gasteiger partial charge in [-0.15, -0.1) is 0 Å². The molecule has 4 rings (SSSR count). The van der Waals surface area contributed by atoms with E-state index < -0.39 is 0 Å². The number of nitrogens with one attached hydrogen (secondary N) is 1. The summed E-state index contributed by atoms with van der Waals surface area (Å²) in [7, 11) is 0. The first-order valence-corrected chi connectivity index (χ1v) is 9.36. The molecule has 1 amide bonds. The number of hydrogen-bond donors (Lipinski definition) is 1. The summed E-state index contributed by atoms with van der Waals surface area (Å²) in [5.41, 5.74) is 5.78. The second kappa shape index (κ2) is 7.31.